The number of hydrogen-bond donors (Lipinski definition) is 0. The largest absolute Gasteiger partial charge is 0.459 e. The Balaban J connectivity index is 0.00000169. The first-order chi connectivity index (χ1) is 11.3. The first-order valence-corrected chi connectivity index (χ1v) is 8.40. The molecular formula is C20H20KO3. The van der Waals surface area contributed by atoms with Crippen molar-refractivity contribution in [2.24, 2.45) is 0 Å². The molecule has 1 aliphatic heterocycles. The third-order valence-electron chi connectivity index (χ3n) is 4.74. The molecule has 0 amide bonds. The van der Waals surface area contributed by atoms with Crippen LogP contribution in [0.15, 0.2) is 42.5 Å². The van der Waals surface area contributed by atoms with Gasteiger partial charge in [0.1, 0.15) is 17.6 Å². The van der Waals surface area contributed by atoms with E-state index in [0.717, 1.165) is 48.3 Å². The number of ether oxygens (including phenoxy) is 2. The van der Waals surface area contributed by atoms with Gasteiger partial charge in [-0.3, -0.25) is 0 Å². The van der Waals surface area contributed by atoms with Crippen LogP contribution in [0, 0.1) is 0 Å². The van der Waals surface area contributed by atoms with E-state index in [0.29, 0.717) is 12.0 Å². The summed E-state index contributed by atoms with van der Waals surface area (Å²) in [5.74, 6) is 1.43. The molecule has 3 nitrogen and oxygen atoms in total. The molecule has 0 bridgehead atoms. The summed E-state index contributed by atoms with van der Waals surface area (Å²) in [6.45, 7) is 0. The standard InChI is InChI=1S/C20H20O3.K/c21-20(22-15-8-2-1-3-9-15)16-10-6-12-19-17(16)13-14-7-4-5-11-18(14)23-19;/h4-7,10-12,15H,1-3,8-9,13H2;. The Labute approximate surface area is 185 Å². The first-order valence-electron chi connectivity index (χ1n) is 8.40. The number of benzene rings is 2. The minimum atomic E-state index is -0.211. The van der Waals surface area contributed by atoms with Crippen molar-refractivity contribution in [2.75, 3.05) is 0 Å². The summed E-state index contributed by atoms with van der Waals surface area (Å²) in [7, 11) is 0. The average Bonchev–Trinajstić information content (AvgIpc) is 2.60. The third-order valence-corrected chi connectivity index (χ3v) is 4.74. The van der Waals surface area contributed by atoms with Crippen molar-refractivity contribution in [1.29, 1.82) is 0 Å². The zero-order chi connectivity index (χ0) is 15.6. The Morgan fingerprint density at radius 2 is 1.71 bits per heavy atom. The van der Waals surface area contributed by atoms with Gasteiger partial charge in [-0.1, -0.05) is 30.7 Å². The van der Waals surface area contributed by atoms with Gasteiger partial charge in [0.05, 0.1) is 5.56 Å². The molecule has 1 saturated carbocycles. The van der Waals surface area contributed by atoms with Crippen LogP contribution in [0.3, 0.4) is 0 Å². The van der Waals surface area contributed by atoms with Gasteiger partial charge in [-0.05, 0) is 49.4 Å². The van der Waals surface area contributed by atoms with Gasteiger partial charge < -0.3 is 9.47 Å². The number of carbonyl (C=O) groups is 1. The molecular weight excluding hydrogens is 327 g/mol. The van der Waals surface area contributed by atoms with E-state index in [-0.39, 0.29) is 63.5 Å². The number of carbonyl (C=O) groups excluding carboxylic acids is 1. The Morgan fingerprint density at radius 1 is 0.958 bits per heavy atom. The van der Waals surface area contributed by atoms with Crippen molar-refractivity contribution >= 4 is 57.4 Å². The van der Waals surface area contributed by atoms with Crippen molar-refractivity contribution in [1.82, 2.24) is 0 Å². The fourth-order valence-corrected chi connectivity index (χ4v) is 3.49. The van der Waals surface area contributed by atoms with Crippen LogP contribution in [0.2, 0.25) is 0 Å². The van der Waals surface area contributed by atoms with E-state index < -0.39 is 0 Å². The second-order valence-electron chi connectivity index (χ2n) is 6.33. The Hall–Kier alpha value is -0.654. The zero-order valence-corrected chi connectivity index (χ0v) is 17.2. The average molecular weight is 347 g/mol. The van der Waals surface area contributed by atoms with E-state index in [1.165, 1.54) is 6.42 Å². The normalized spacial score (nSPS) is 16.2. The Bertz CT molecular complexity index is 735. The number of fused-ring (bicyclic) bond motifs is 2. The second-order valence-corrected chi connectivity index (χ2v) is 6.33. The van der Waals surface area contributed by atoms with Crippen molar-refractivity contribution in [3.05, 3.63) is 59.2 Å². The van der Waals surface area contributed by atoms with Crippen LogP contribution < -0.4 is 4.74 Å². The number of rotatable bonds is 2. The SMILES string of the molecule is O=C(OC1CCCCC1)c1cccc2c1Cc1ccccc1O2.[K]. The summed E-state index contributed by atoms with van der Waals surface area (Å²) < 4.78 is 11.7. The number of hydrogen-bond acceptors (Lipinski definition) is 3. The van der Waals surface area contributed by atoms with E-state index >= 15 is 0 Å². The minimum Gasteiger partial charge on any atom is -0.459 e. The predicted molar refractivity (Wildman–Crippen MR) is 93.8 cm³/mol. The summed E-state index contributed by atoms with van der Waals surface area (Å²) in [5, 5.41) is 0. The van der Waals surface area contributed by atoms with E-state index in [2.05, 4.69) is 0 Å². The molecule has 0 unspecified atom stereocenters. The van der Waals surface area contributed by atoms with Gasteiger partial charge in [-0.15, -0.1) is 0 Å². The molecule has 2 aromatic carbocycles. The fraction of sp³-hybridized carbons (Fsp3) is 0.350. The number of para-hydroxylation sites is 1. The van der Waals surface area contributed by atoms with Crippen molar-refractivity contribution in [2.45, 2.75) is 44.6 Å². The maximum absolute atomic E-state index is 12.6. The smallest absolute Gasteiger partial charge is 0.338 e. The van der Waals surface area contributed by atoms with Gasteiger partial charge in [0.15, 0.2) is 0 Å². The molecule has 0 aromatic heterocycles. The van der Waals surface area contributed by atoms with Crippen molar-refractivity contribution in [3.63, 3.8) is 0 Å². The van der Waals surface area contributed by atoms with Crippen LogP contribution in [0.1, 0.15) is 53.6 Å². The van der Waals surface area contributed by atoms with Crippen molar-refractivity contribution < 1.29 is 14.3 Å². The van der Waals surface area contributed by atoms with E-state index in [9.17, 15) is 4.79 Å². The van der Waals surface area contributed by atoms with E-state index in [4.69, 9.17) is 9.47 Å². The Kier molecular flexibility index (Phi) is 6.16. The maximum Gasteiger partial charge on any atom is 0.338 e. The molecule has 119 valence electrons. The fourth-order valence-electron chi connectivity index (χ4n) is 3.49. The summed E-state index contributed by atoms with van der Waals surface area (Å²) >= 11 is 0. The molecule has 2 aliphatic rings. The molecule has 24 heavy (non-hydrogen) atoms. The van der Waals surface area contributed by atoms with E-state index in [1.807, 2.05) is 42.5 Å². The minimum absolute atomic E-state index is 0. The van der Waals surface area contributed by atoms with Crippen LogP contribution >= 0.6 is 0 Å². The Morgan fingerprint density at radius 3 is 2.54 bits per heavy atom. The molecule has 0 atom stereocenters. The molecule has 0 spiro atoms. The topological polar surface area (TPSA) is 35.5 Å². The van der Waals surface area contributed by atoms with Crippen LogP contribution in [-0.4, -0.2) is 63.5 Å². The molecule has 4 heteroatoms. The van der Waals surface area contributed by atoms with Crippen LogP contribution in [-0.2, 0) is 11.2 Å². The van der Waals surface area contributed by atoms with Gasteiger partial charge in [0.2, 0.25) is 0 Å². The van der Waals surface area contributed by atoms with Gasteiger partial charge in [-0.2, -0.15) is 0 Å². The molecule has 4 rings (SSSR count). The van der Waals surface area contributed by atoms with Gasteiger partial charge in [0, 0.05) is 63.4 Å². The third kappa shape index (κ3) is 3.78. The summed E-state index contributed by atoms with van der Waals surface area (Å²) in [6, 6.07) is 13.6. The van der Waals surface area contributed by atoms with Crippen LogP contribution in [0.5, 0.6) is 11.5 Å². The quantitative estimate of drug-likeness (QED) is 0.506. The summed E-state index contributed by atoms with van der Waals surface area (Å²) in [6.07, 6.45) is 6.31. The molecule has 0 saturated heterocycles. The predicted octanol–water partition coefficient (Wildman–Crippen LogP) is 4.49. The zero-order valence-electron chi connectivity index (χ0n) is 14.1. The second kappa shape index (κ2) is 8.15. The number of esters is 1. The molecule has 1 heterocycles. The van der Waals surface area contributed by atoms with Crippen molar-refractivity contribution in [3.8, 4) is 11.5 Å². The van der Waals surface area contributed by atoms with Crippen LogP contribution in [0.25, 0.3) is 0 Å². The molecule has 1 aliphatic carbocycles. The van der Waals surface area contributed by atoms with Crippen LogP contribution in [0.4, 0.5) is 0 Å². The molecule has 1 fully saturated rings. The van der Waals surface area contributed by atoms with Gasteiger partial charge in [-0.25, -0.2) is 4.79 Å². The molecule has 0 N–H and O–H groups in total. The monoisotopic (exact) mass is 347 g/mol. The van der Waals surface area contributed by atoms with Gasteiger partial charge in [0.25, 0.3) is 0 Å². The van der Waals surface area contributed by atoms with Gasteiger partial charge >= 0.3 is 5.97 Å². The molecule has 2 aromatic rings. The summed E-state index contributed by atoms with van der Waals surface area (Å²) in [5.41, 5.74) is 2.69. The molecule has 1 radical (unpaired) electrons. The maximum atomic E-state index is 12.6. The first kappa shape index (κ1) is 18.1. The van der Waals surface area contributed by atoms with E-state index in [1.54, 1.807) is 0 Å². The summed E-state index contributed by atoms with van der Waals surface area (Å²) in [4.78, 5) is 12.6.